The molecule has 2 aromatic rings. The first-order valence-electron chi connectivity index (χ1n) is 9.57. The number of piperazine rings is 1. The monoisotopic (exact) mass is 422 g/mol. The zero-order valence-electron chi connectivity index (χ0n) is 16.0. The first kappa shape index (κ1) is 20.4. The highest BCUT2D eigenvalue weighted by atomic mass is 32.2. The molecule has 2 heterocycles. The third-order valence-electron chi connectivity index (χ3n) is 5.49. The minimum absolute atomic E-state index is 0.323. The highest BCUT2D eigenvalue weighted by Gasteiger charge is 2.33. The summed E-state index contributed by atoms with van der Waals surface area (Å²) in [5.74, 6) is -0.664. The van der Waals surface area contributed by atoms with E-state index in [2.05, 4.69) is 16.8 Å². The number of fused-ring (bicyclic) bond motifs is 2. The van der Waals surface area contributed by atoms with Gasteiger partial charge < -0.3 is 4.90 Å². The van der Waals surface area contributed by atoms with Gasteiger partial charge in [-0.15, -0.1) is 0 Å². The molecule has 29 heavy (non-hydrogen) atoms. The summed E-state index contributed by atoms with van der Waals surface area (Å²) in [6, 6.07) is 8.35. The molecule has 1 atom stereocenters. The molecule has 0 bridgehead atoms. The Morgan fingerprint density at radius 1 is 1.00 bits per heavy atom. The average Bonchev–Trinajstić information content (AvgIpc) is 2.67. The number of hydrogen-bond donors (Lipinski definition) is 0. The average molecular weight is 422 g/mol. The van der Waals surface area contributed by atoms with E-state index in [1.54, 1.807) is 6.07 Å². The van der Waals surface area contributed by atoms with Crippen molar-refractivity contribution in [3.63, 3.8) is 0 Å². The largest absolute Gasteiger partial charge is 0.416 e. The number of nitrogens with zero attached hydrogens (tertiary/aromatic N) is 2. The lowest BCUT2D eigenvalue weighted by Crippen LogP contribution is -2.44. The number of hydrogen-bond acceptors (Lipinski definition) is 3. The Morgan fingerprint density at radius 3 is 2.48 bits per heavy atom. The number of allylic oxidation sites excluding steroid dienone is 1. The van der Waals surface area contributed by atoms with Crippen LogP contribution in [0.2, 0.25) is 0 Å². The topological polar surface area (TPSA) is 6.48 Å². The van der Waals surface area contributed by atoms with Crippen LogP contribution < -0.4 is 0 Å². The maximum Gasteiger partial charge on any atom is 0.416 e. The highest BCUT2D eigenvalue weighted by molar-refractivity contribution is 7.99. The predicted molar refractivity (Wildman–Crippen MR) is 107 cm³/mol. The molecule has 0 radical (unpaired) electrons. The van der Waals surface area contributed by atoms with Crippen molar-refractivity contribution >= 4 is 11.8 Å². The fourth-order valence-electron chi connectivity index (χ4n) is 3.78. The van der Waals surface area contributed by atoms with E-state index in [9.17, 15) is 17.6 Å². The fraction of sp³-hybridized carbons (Fsp3) is 0.364. The van der Waals surface area contributed by atoms with E-state index in [0.717, 1.165) is 54.1 Å². The van der Waals surface area contributed by atoms with Crippen molar-refractivity contribution in [3.05, 3.63) is 71.1 Å². The van der Waals surface area contributed by atoms with Gasteiger partial charge in [0.05, 0.1) is 5.56 Å². The first-order valence-corrected chi connectivity index (χ1v) is 10.4. The summed E-state index contributed by atoms with van der Waals surface area (Å²) in [6.07, 6.45) is -0.395. The molecule has 154 valence electrons. The Hall–Kier alpha value is -1.83. The molecule has 7 heteroatoms. The summed E-state index contributed by atoms with van der Waals surface area (Å²) in [5, 5.41) is 0. The van der Waals surface area contributed by atoms with E-state index in [0.29, 0.717) is 5.56 Å². The Balaban J connectivity index is 1.65. The summed E-state index contributed by atoms with van der Waals surface area (Å²) in [4.78, 5) is 6.10. The number of halogens is 4. The maximum atomic E-state index is 13.8. The zero-order valence-corrected chi connectivity index (χ0v) is 16.9. The van der Waals surface area contributed by atoms with E-state index < -0.39 is 11.7 Å². The second-order valence-corrected chi connectivity index (χ2v) is 8.63. The van der Waals surface area contributed by atoms with Gasteiger partial charge in [-0.2, -0.15) is 13.2 Å². The van der Waals surface area contributed by atoms with Crippen LogP contribution >= 0.6 is 11.8 Å². The molecule has 2 nitrogen and oxygen atoms in total. The second-order valence-electron chi connectivity index (χ2n) is 7.54. The molecule has 2 aliphatic rings. The van der Waals surface area contributed by atoms with Gasteiger partial charge in [0.15, 0.2) is 0 Å². The number of benzene rings is 2. The van der Waals surface area contributed by atoms with Gasteiger partial charge in [0, 0.05) is 48.4 Å². The van der Waals surface area contributed by atoms with Crippen molar-refractivity contribution in [2.24, 2.45) is 0 Å². The highest BCUT2D eigenvalue weighted by Crippen LogP contribution is 2.48. The normalized spacial score (nSPS) is 20.7. The zero-order chi connectivity index (χ0) is 20.6. The van der Waals surface area contributed by atoms with E-state index in [4.69, 9.17) is 0 Å². The van der Waals surface area contributed by atoms with Crippen LogP contribution in [0.3, 0.4) is 0 Å². The minimum atomic E-state index is -4.39. The first-order chi connectivity index (χ1) is 13.8. The molecule has 4 rings (SSSR count). The lowest BCUT2D eigenvalue weighted by molar-refractivity contribution is -0.137. The number of likely N-dealkylation sites (N-methyl/N-ethyl adjacent to an activating group) is 1. The Labute approximate surface area is 172 Å². The molecule has 2 aliphatic heterocycles. The van der Waals surface area contributed by atoms with Crippen LogP contribution in [0.4, 0.5) is 17.6 Å². The van der Waals surface area contributed by atoms with E-state index in [1.807, 2.05) is 12.2 Å². The van der Waals surface area contributed by atoms with Crippen LogP contribution in [-0.4, -0.2) is 49.6 Å². The molecule has 0 amide bonds. The van der Waals surface area contributed by atoms with Crippen molar-refractivity contribution in [2.75, 3.05) is 39.8 Å². The third-order valence-corrected chi connectivity index (χ3v) is 6.66. The lowest BCUT2D eigenvalue weighted by atomic mass is 9.89. The Morgan fingerprint density at radius 2 is 1.76 bits per heavy atom. The quantitative estimate of drug-likeness (QED) is 0.493. The van der Waals surface area contributed by atoms with Crippen molar-refractivity contribution in [1.29, 1.82) is 0 Å². The van der Waals surface area contributed by atoms with Crippen LogP contribution in [0, 0.1) is 5.82 Å². The van der Waals surface area contributed by atoms with Gasteiger partial charge >= 0.3 is 6.18 Å². The maximum absolute atomic E-state index is 13.8. The molecule has 1 fully saturated rings. The van der Waals surface area contributed by atoms with Gasteiger partial charge in [0.25, 0.3) is 0 Å². The smallest absolute Gasteiger partial charge is 0.304 e. The van der Waals surface area contributed by atoms with Crippen molar-refractivity contribution in [3.8, 4) is 0 Å². The van der Waals surface area contributed by atoms with Crippen LogP contribution in [0.5, 0.6) is 0 Å². The molecule has 1 saturated heterocycles. The van der Waals surface area contributed by atoms with Crippen molar-refractivity contribution < 1.29 is 17.6 Å². The molecule has 0 saturated carbocycles. The summed E-state index contributed by atoms with van der Waals surface area (Å²) in [7, 11) is 2.10. The van der Waals surface area contributed by atoms with Crippen molar-refractivity contribution in [2.45, 2.75) is 21.9 Å². The summed E-state index contributed by atoms with van der Waals surface area (Å²) in [6.45, 7) is 4.71. The molecular weight excluding hydrogens is 400 g/mol. The van der Waals surface area contributed by atoms with Gasteiger partial charge in [-0.3, -0.25) is 4.90 Å². The summed E-state index contributed by atoms with van der Waals surface area (Å²) < 4.78 is 53.6. The van der Waals surface area contributed by atoms with Crippen molar-refractivity contribution in [1.82, 2.24) is 9.80 Å². The molecule has 0 spiro atoms. The summed E-state index contributed by atoms with van der Waals surface area (Å²) >= 11 is 1.32. The van der Waals surface area contributed by atoms with Gasteiger partial charge in [-0.1, -0.05) is 30.0 Å². The fourth-order valence-corrected chi connectivity index (χ4v) is 4.95. The van der Waals surface area contributed by atoms with Crippen LogP contribution in [0.15, 0.2) is 58.3 Å². The molecular formula is C22H22F4N2S. The number of rotatable bonds is 3. The molecule has 0 aliphatic carbocycles. The Bertz CT molecular complexity index is 918. The predicted octanol–water partition coefficient (Wildman–Crippen LogP) is 5.24. The van der Waals surface area contributed by atoms with Gasteiger partial charge in [-0.05, 0) is 48.5 Å². The molecule has 2 aromatic carbocycles. The molecule has 0 aromatic heterocycles. The molecule has 0 N–H and O–H groups in total. The van der Waals surface area contributed by atoms with Gasteiger partial charge in [0.2, 0.25) is 0 Å². The number of alkyl halides is 3. The SMILES string of the molecule is CN1CCN(CC=CC2c3ccc(F)cc3Sc3ccc(C(F)(F)F)cc32)CC1. The minimum Gasteiger partial charge on any atom is -0.304 e. The Kier molecular flexibility index (Phi) is 5.73. The third kappa shape index (κ3) is 4.52. The standard InChI is InChI=1S/C22H22F4N2S/c1-27-9-11-28(12-10-27)8-2-3-17-18-6-5-16(23)14-21(18)29-20-7-4-15(13-19(17)20)22(24,25)26/h2-7,13-14,17H,8-12H2,1H3. The van der Waals surface area contributed by atoms with Crippen LogP contribution in [0.1, 0.15) is 22.6 Å². The van der Waals surface area contributed by atoms with E-state index in [-0.39, 0.29) is 11.7 Å². The van der Waals surface area contributed by atoms with Crippen LogP contribution in [-0.2, 0) is 6.18 Å². The lowest BCUT2D eigenvalue weighted by Gasteiger charge is -2.31. The van der Waals surface area contributed by atoms with Gasteiger partial charge in [-0.25, -0.2) is 4.39 Å². The molecule has 1 unspecified atom stereocenters. The van der Waals surface area contributed by atoms with E-state index >= 15 is 0 Å². The second kappa shape index (κ2) is 8.13. The van der Waals surface area contributed by atoms with E-state index in [1.165, 1.54) is 36.0 Å². The van der Waals surface area contributed by atoms with Crippen LogP contribution in [0.25, 0.3) is 0 Å². The summed E-state index contributed by atoms with van der Waals surface area (Å²) in [5.41, 5.74) is 0.816. The van der Waals surface area contributed by atoms with Gasteiger partial charge in [0.1, 0.15) is 5.82 Å².